The largest absolute Gasteiger partial charge is 0.425 e. The Morgan fingerprint density at radius 2 is 1.92 bits per heavy atom. The molecule has 6 heteroatoms. The number of hydrogen-bond donors (Lipinski definition) is 0. The maximum atomic E-state index is 10.7. The molecule has 2 bridgehead atoms. The number of nitrogens with zero attached hydrogens (tertiary/aromatic N) is 2. The molecule has 2 rings (SSSR count). The van der Waals surface area contributed by atoms with Crippen molar-refractivity contribution in [1.82, 2.24) is 9.97 Å². The molecule has 0 N–H and O–H groups in total. The van der Waals surface area contributed by atoms with Gasteiger partial charge in [0.25, 0.3) is 0 Å². The zero-order valence-electron chi connectivity index (χ0n) is 5.68. The predicted molar refractivity (Wildman–Crippen MR) is 33.3 cm³/mol. The quantitative estimate of drug-likeness (QED) is 0.374. The molecule has 0 saturated heterocycles. The first-order valence-corrected chi connectivity index (χ1v) is 3.03. The van der Waals surface area contributed by atoms with E-state index in [-0.39, 0.29) is 11.9 Å². The number of ether oxygens (including phenoxy) is 2. The Labute approximate surface area is 66.1 Å². The number of carbonyl (C=O) groups is 2. The molecule has 1 aliphatic rings. The lowest BCUT2D eigenvalue weighted by Gasteiger charge is -1.91. The van der Waals surface area contributed by atoms with Gasteiger partial charge in [0.1, 0.15) is 0 Å². The Kier molecular flexibility index (Phi) is 1.26. The van der Waals surface area contributed by atoms with Gasteiger partial charge in [-0.25, -0.2) is 14.6 Å². The molecule has 0 amide bonds. The molecule has 0 unspecified atom stereocenters. The van der Waals surface area contributed by atoms with Gasteiger partial charge in [-0.05, 0) is 0 Å². The maximum Gasteiger partial charge on any atom is 0.425 e. The molecular formula is C6H2N2O4. The smallest absolute Gasteiger partial charge is 0.399 e. The van der Waals surface area contributed by atoms with Gasteiger partial charge in [0, 0.05) is 12.3 Å². The van der Waals surface area contributed by atoms with Crippen molar-refractivity contribution in [2.24, 2.45) is 0 Å². The van der Waals surface area contributed by atoms with E-state index in [9.17, 15) is 9.59 Å². The fourth-order valence-corrected chi connectivity index (χ4v) is 0.692. The molecule has 2 heterocycles. The zero-order chi connectivity index (χ0) is 8.55. The van der Waals surface area contributed by atoms with E-state index >= 15 is 0 Å². The highest BCUT2D eigenvalue weighted by Gasteiger charge is 2.24. The second kappa shape index (κ2) is 2.26. The topological polar surface area (TPSA) is 78.4 Å². The zero-order valence-corrected chi connectivity index (χ0v) is 5.68. The number of fused-ring (bicyclic) bond motifs is 2. The molecule has 60 valence electrons. The third-order valence-corrected chi connectivity index (χ3v) is 1.16. The van der Waals surface area contributed by atoms with Gasteiger partial charge in [-0.1, -0.05) is 0 Å². The summed E-state index contributed by atoms with van der Waals surface area (Å²) in [5.41, 5.74) is 0. The van der Waals surface area contributed by atoms with Gasteiger partial charge >= 0.3 is 17.9 Å². The second-order valence-corrected chi connectivity index (χ2v) is 1.96. The normalized spacial score (nSPS) is 14.7. The molecular weight excluding hydrogens is 164 g/mol. The molecule has 0 fully saturated rings. The van der Waals surface area contributed by atoms with Crippen molar-refractivity contribution in [3.05, 3.63) is 12.3 Å². The number of esters is 2. The highest BCUT2D eigenvalue weighted by molar-refractivity contribution is 6.31. The summed E-state index contributed by atoms with van der Waals surface area (Å²) in [6, 6.07) is 1.17. The molecule has 0 aliphatic carbocycles. The first-order chi connectivity index (χ1) is 5.75. The van der Waals surface area contributed by atoms with Gasteiger partial charge < -0.3 is 9.47 Å². The second-order valence-electron chi connectivity index (χ2n) is 1.96. The fourth-order valence-electron chi connectivity index (χ4n) is 0.692. The molecule has 12 heavy (non-hydrogen) atoms. The minimum atomic E-state index is -1.11. The Morgan fingerprint density at radius 1 is 1.17 bits per heavy atom. The number of carbonyl (C=O) groups excluding carboxylic acids is 2. The Bertz CT molecular complexity index is 331. The van der Waals surface area contributed by atoms with Crippen molar-refractivity contribution in [3.63, 3.8) is 0 Å². The summed E-state index contributed by atoms with van der Waals surface area (Å²) in [4.78, 5) is 28.5. The van der Waals surface area contributed by atoms with Crippen LogP contribution in [0.3, 0.4) is 0 Å². The van der Waals surface area contributed by atoms with Crippen LogP contribution in [0.2, 0.25) is 0 Å². The van der Waals surface area contributed by atoms with Crippen LogP contribution in [0, 0.1) is 0 Å². The fraction of sp³-hybridized carbons (Fsp3) is 0. The summed E-state index contributed by atoms with van der Waals surface area (Å²) in [5.74, 6) is -2.20. The van der Waals surface area contributed by atoms with Crippen molar-refractivity contribution in [1.29, 1.82) is 0 Å². The lowest BCUT2D eigenvalue weighted by molar-refractivity contribution is -0.155. The summed E-state index contributed by atoms with van der Waals surface area (Å²) < 4.78 is 8.86. The molecule has 0 saturated carbocycles. The Morgan fingerprint density at radius 3 is 2.75 bits per heavy atom. The Hall–Kier alpha value is -1.98. The molecule has 1 aliphatic heterocycles. The lowest BCUT2D eigenvalue weighted by Crippen LogP contribution is -2.23. The summed E-state index contributed by atoms with van der Waals surface area (Å²) in [7, 11) is 0. The van der Waals surface area contributed by atoms with Crippen LogP contribution in [-0.2, 0) is 9.59 Å². The molecule has 0 spiro atoms. The van der Waals surface area contributed by atoms with Crippen molar-refractivity contribution in [3.8, 4) is 11.9 Å². The van der Waals surface area contributed by atoms with Gasteiger partial charge in [-0.2, -0.15) is 4.98 Å². The number of hydrogen-bond acceptors (Lipinski definition) is 6. The van der Waals surface area contributed by atoms with Gasteiger partial charge in [0.05, 0.1) is 0 Å². The molecule has 0 atom stereocenters. The molecule has 1 aromatic rings. The van der Waals surface area contributed by atoms with Gasteiger partial charge in [0.15, 0.2) is 0 Å². The van der Waals surface area contributed by atoms with Gasteiger partial charge in [-0.15, -0.1) is 0 Å². The van der Waals surface area contributed by atoms with Crippen molar-refractivity contribution < 1.29 is 19.1 Å². The van der Waals surface area contributed by atoms with Crippen molar-refractivity contribution in [2.75, 3.05) is 0 Å². The van der Waals surface area contributed by atoms with E-state index in [1.54, 1.807) is 0 Å². The number of aromatic nitrogens is 2. The highest BCUT2D eigenvalue weighted by Crippen LogP contribution is 2.13. The average Bonchev–Trinajstić information content (AvgIpc) is 2.11. The van der Waals surface area contributed by atoms with E-state index < -0.39 is 11.9 Å². The van der Waals surface area contributed by atoms with Gasteiger partial charge in [0.2, 0.25) is 5.88 Å². The van der Waals surface area contributed by atoms with Crippen LogP contribution in [-0.4, -0.2) is 21.9 Å². The summed E-state index contributed by atoms with van der Waals surface area (Å²) in [5, 5.41) is 0. The van der Waals surface area contributed by atoms with E-state index in [2.05, 4.69) is 19.4 Å². The summed E-state index contributed by atoms with van der Waals surface area (Å²) >= 11 is 0. The first-order valence-electron chi connectivity index (χ1n) is 3.03. The summed E-state index contributed by atoms with van der Waals surface area (Å²) in [6.45, 7) is 0. The molecule has 6 nitrogen and oxygen atoms in total. The minimum absolute atomic E-state index is 0.0100. The van der Waals surface area contributed by atoms with E-state index in [1.807, 2.05) is 0 Å². The number of rotatable bonds is 0. The predicted octanol–water partition coefficient (Wildman–Crippen LogP) is -0.699. The van der Waals surface area contributed by atoms with Crippen LogP contribution in [0.5, 0.6) is 11.9 Å². The van der Waals surface area contributed by atoms with E-state index in [4.69, 9.17) is 0 Å². The van der Waals surface area contributed by atoms with Crippen molar-refractivity contribution in [2.45, 2.75) is 0 Å². The van der Waals surface area contributed by atoms with Gasteiger partial charge in [-0.3, -0.25) is 0 Å². The van der Waals surface area contributed by atoms with Crippen LogP contribution in [0.1, 0.15) is 0 Å². The maximum absolute atomic E-state index is 10.7. The summed E-state index contributed by atoms with van der Waals surface area (Å²) in [6.07, 6.45) is 1.32. The van der Waals surface area contributed by atoms with E-state index in [0.717, 1.165) is 0 Å². The van der Waals surface area contributed by atoms with Crippen LogP contribution in [0.4, 0.5) is 0 Å². The van der Waals surface area contributed by atoms with Crippen LogP contribution >= 0.6 is 0 Å². The first kappa shape index (κ1) is 6.71. The molecule has 0 aromatic carbocycles. The van der Waals surface area contributed by atoms with E-state index in [0.29, 0.717) is 0 Å². The van der Waals surface area contributed by atoms with Crippen LogP contribution in [0.15, 0.2) is 12.3 Å². The van der Waals surface area contributed by atoms with Crippen LogP contribution < -0.4 is 9.47 Å². The molecule has 0 radical (unpaired) electrons. The monoisotopic (exact) mass is 166 g/mol. The lowest BCUT2D eigenvalue weighted by atomic mass is 10.6. The standard InChI is InChI=1S/C6H2N2O4/c9-4-5(10)12-6-7-2-1-3(8-6)11-4/h1-2H. The third kappa shape index (κ3) is 0.986. The van der Waals surface area contributed by atoms with E-state index in [1.165, 1.54) is 12.3 Å². The average molecular weight is 166 g/mol. The van der Waals surface area contributed by atoms with Crippen molar-refractivity contribution >= 4 is 11.9 Å². The van der Waals surface area contributed by atoms with Crippen LogP contribution in [0.25, 0.3) is 0 Å². The minimum Gasteiger partial charge on any atom is -0.399 e. The SMILES string of the molecule is O=C1Oc2ccnc(n2)OC1=O. The molecule has 1 aromatic heterocycles. The highest BCUT2D eigenvalue weighted by atomic mass is 16.6. The Balaban J connectivity index is 2.48. The third-order valence-electron chi connectivity index (χ3n) is 1.16.